The number of nitrogens with zero attached hydrogens (tertiary/aromatic N) is 1. The molecular formula is C16H20FN3O3. The molecule has 2 aliphatic rings. The molecule has 1 aromatic rings. The van der Waals surface area contributed by atoms with Gasteiger partial charge in [0.05, 0.1) is 18.7 Å². The molecule has 3 rings (SSSR count). The van der Waals surface area contributed by atoms with E-state index in [0.29, 0.717) is 19.7 Å². The first-order valence-electron chi connectivity index (χ1n) is 7.71. The fourth-order valence-electron chi connectivity index (χ4n) is 3.44. The van der Waals surface area contributed by atoms with E-state index in [1.54, 1.807) is 24.1 Å². The number of benzene rings is 1. The topological polar surface area (TPSA) is 70.7 Å². The van der Waals surface area contributed by atoms with Gasteiger partial charge in [0.1, 0.15) is 5.82 Å². The second-order valence-electron chi connectivity index (χ2n) is 5.85. The molecule has 23 heavy (non-hydrogen) atoms. The molecule has 3 unspecified atom stereocenters. The molecule has 2 heterocycles. The van der Waals surface area contributed by atoms with Crippen LogP contribution in [0.5, 0.6) is 0 Å². The second-order valence-corrected chi connectivity index (χ2v) is 5.85. The molecule has 6 nitrogen and oxygen atoms in total. The third kappa shape index (κ3) is 3.07. The number of hydrogen-bond donors (Lipinski definition) is 2. The van der Waals surface area contributed by atoms with Crippen molar-refractivity contribution in [3.05, 3.63) is 35.6 Å². The number of piperidine rings is 1. The molecule has 0 radical (unpaired) electrons. The number of ether oxygens (including phenoxy) is 1. The summed E-state index contributed by atoms with van der Waals surface area (Å²) in [4.78, 5) is 26.1. The first-order chi connectivity index (χ1) is 11.1. The molecular weight excluding hydrogens is 301 g/mol. The zero-order chi connectivity index (χ0) is 16.4. The third-order valence-electron chi connectivity index (χ3n) is 4.55. The standard InChI is InChI=1S/C16H20FN3O3/c1-23-9-8-20-14-13(15(21)19-16(20)22)12(6-7-18-14)10-2-4-11(17)5-3-10/h2-5,12-14,18H,6-9H2,1H3,(H,19,21,22). The van der Waals surface area contributed by atoms with Crippen molar-refractivity contribution >= 4 is 11.9 Å². The lowest BCUT2D eigenvalue weighted by molar-refractivity contribution is -0.131. The molecule has 0 aromatic heterocycles. The van der Waals surface area contributed by atoms with Crippen LogP contribution in [-0.2, 0) is 9.53 Å². The van der Waals surface area contributed by atoms with Crippen molar-refractivity contribution in [3.63, 3.8) is 0 Å². The number of carbonyl (C=O) groups is 2. The van der Waals surface area contributed by atoms with Gasteiger partial charge in [-0.05, 0) is 30.7 Å². The average Bonchev–Trinajstić information content (AvgIpc) is 2.55. The van der Waals surface area contributed by atoms with E-state index in [9.17, 15) is 14.0 Å². The molecule has 3 atom stereocenters. The normalized spacial score (nSPS) is 27.6. The van der Waals surface area contributed by atoms with Gasteiger partial charge in [0, 0.05) is 19.6 Å². The van der Waals surface area contributed by atoms with Crippen molar-refractivity contribution in [1.82, 2.24) is 15.5 Å². The molecule has 2 fully saturated rings. The lowest BCUT2D eigenvalue weighted by atomic mass is 9.77. The Kier molecular flexibility index (Phi) is 4.58. The Balaban J connectivity index is 1.88. The largest absolute Gasteiger partial charge is 0.383 e. The number of nitrogens with one attached hydrogen (secondary N) is 2. The van der Waals surface area contributed by atoms with Gasteiger partial charge in [-0.2, -0.15) is 0 Å². The van der Waals surface area contributed by atoms with Crippen LogP contribution in [0.1, 0.15) is 17.9 Å². The molecule has 3 amide bonds. The highest BCUT2D eigenvalue weighted by Crippen LogP contribution is 2.36. The molecule has 2 saturated heterocycles. The molecule has 2 N–H and O–H groups in total. The van der Waals surface area contributed by atoms with Crippen LogP contribution >= 0.6 is 0 Å². The summed E-state index contributed by atoms with van der Waals surface area (Å²) in [6.07, 6.45) is 0.391. The fraction of sp³-hybridized carbons (Fsp3) is 0.500. The first-order valence-corrected chi connectivity index (χ1v) is 7.71. The van der Waals surface area contributed by atoms with E-state index in [1.165, 1.54) is 12.1 Å². The highest BCUT2D eigenvalue weighted by Gasteiger charge is 2.47. The van der Waals surface area contributed by atoms with E-state index in [2.05, 4.69) is 10.6 Å². The fourth-order valence-corrected chi connectivity index (χ4v) is 3.44. The van der Waals surface area contributed by atoms with Gasteiger partial charge in [0.25, 0.3) is 0 Å². The van der Waals surface area contributed by atoms with Gasteiger partial charge in [0.15, 0.2) is 0 Å². The summed E-state index contributed by atoms with van der Waals surface area (Å²) in [6.45, 7) is 1.49. The Morgan fingerprint density at radius 2 is 2.04 bits per heavy atom. The number of urea groups is 1. The third-order valence-corrected chi connectivity index (χ3v) is 4.55. The minimum atomic E-state index is -0.402. The van der Waals surface area contributed by atoms with Crippen LogP contribution in [0.25, 0.3) is 0 Å². The van der Waals surface area contributed by atoms with Crippen LogP contribution in [0, 0.1) is 11.7 Å². The highest BCUT2D eigenvalue weighted by molar-refractivity contribution is 5.99. The van der Waals surface area contributed by atoms with Gasteiger partial charge < -0.3 is 9.64 Å². The Labute approximate surface area is 134 Å². The molecule has 124 valence electrons. The van der Waals surface area contributed by atoms with Crippen LogP contribution in [0.3, 0.4) is 0 Å². The number of rotatable bonds is 4. The van der Waals surface area contributed by atoms with Crippen molar-refractivity contribution in [2.24, 2.45) is 5.92 Å². The smallest absolute Gasteiger partial charge is 0.325 e. The van der Waals surface area contributed by atoms with Gasteiger partial charge >= 0.3 is 6.03 Å². The minimum Gasteiger partial charge on any atom is -0.383 e. The number of imide groups is 1. The molecule has 2 aliphatic heterocycles. The van der Waals surface area contributed by atoms with Crippen LogP contribution in [0.2, 0.25) is 0 Å². The zero-order valence-electron chi connectivity index (χ0n) is 12.9. The molecule has 0 saturated carbocycles. The Bertz CT molecular complexity index is 593. The highest BCUT2D eigenvalue weighted by atomic mass is 19.1. The molecule has 7 heteroatoms. The summed E-state index contributed by atoms with van der Waals surface area (Å²) in [6, 6.07) is 5.83. The maximum absolute atomic E-state index is 13.2. The van der Waals surface area contributed by atoms with E-state index in [0.717, 1.165) is 12.0 Å². The van der Waals surface area contributed by atoms with E-state index < -0.39 is 11.9 Å². The SMILES string of the molecule is COCCN1C(=O)NC(=O)C2C(c3ccc(F)cc3)CCNC21. The van der Waals surface area contributed by atoms with Crippen LogP contribution in [0.4, 0.5) is 9.18 Å². The molecule has 0 bridgehead atoms. The number of halogens is 1. The first kappa shape index (κ1) is 15.9. The Hall–Kier alpha value is -1.99. The average molecular weight is 321 g/mol. The van der Waals surface area contributed by atoms with Crippen LogP contribution in [0.15, 0.2) is 24.3 Å². The predicted molar refractivity (Wildman–Crippen MR) is 81.2 cm³/mol. The van der Waals surface area contributed by atoms with E-state index in [4.69, 9.17) is 4.74 Å². The van der Waals surface area contributed by atoms with E-state index in [1.807, 2.05) is 0 Å². The summed E-state index contributed by atoms with van der Waals surface area (Å²) in [7, 11) is 1.57. The number of hydrogen-bond acceptors (Lipinski definition) is 4. The molecule has 0 spiro atoms. The minimum absolute atomic E-state index is 0.0556. The van der Waals surface area contributed by atoms with Crippen molar-refractivity contribution in [3.8, 4) is 0 Å². The lowest BCUT2D eigenvalue weighted by Crippen LogP contribution is -2.68. The van der Waals surface area contributed by atoms with E-state index in [-0.39, 0.29) is 23.8 Å². The second kappa shape index (κ2) is 6.64. The van der Waals surface area contributed by atoms with E-state index >= 15 is 0 Å². The van der Waals surface area contributed by atoms with Gasteiger partial charge in [0.2, 0.25) is 5.91 Å². The van der Waals surface area contributed by atoms with Gasteiger partial charge in [-0.25, -0.2) is 9.18 Å². The quantitative estimate of drug-likeness (QED) is 0.869. The van der Waals surface area contributed by atoms with Crippen LogP contribution in [-0.4, -0.2) is 49.8 Å². The monoisotopic (exact) mass is 321 g/mol. The summed E-state index contributed by atoms with van der Waals surface area (Å²) in [5, 5.41) is 5.69. The Morgan fingerprint density at radius 1 is 1.30 bits per heavy atom. The molecule has 1 aromatic carbocycles. The van der Waals surface area contributed by atoms with Crippen molar-refractivity contribution in [1.29, 1.82) is 0 Å². The van der Waals surface area contributed by atoms with Crippen molar-refractivity contribution in [2.45, 2.75) is 18.5 Å². The summed E-state index contributed by atoms with van der Waals surface area (Å²) in [5.41, 5.74) is 0.916. The van der Waals surface area contributed by atoms with Crippen molar-refractivity contribution in [2.75, 3.05) is 26.8 Å². The summed E-state index contributed by atoms with van der Waals surface area (Å²) >= 11 is 0. The maximum atomic E-state index is 13.2. The number of methoxy groups -OCH3 is 1. The number of carbonyl (C=O) groups excluding carboxylic acids is 2. The number of fused-ring (bicyclic) bond motifs is 1. The van der Waals surface area contributed by atoms with Gasteiger partial charge in [-0.15, -0.1) is 0 Å². The molecule has 0 aliphatic carbocycles. The summed E-state index contributed by atoms with van der Waals surface area (Å²) in [5.74, 6) is -1.04. The van der Waals surface area contributed by atoms with Crippen LogP contribution < -0.4 is 10.6 Å². The van der Waals surface area contributed by atoms with Gasteiger partial charge in [-0.3, -0.25) is 15.4 Å². The zero-order valence-corrected chi connectivity index (χ0v) is 12.9. The summed E-state index contributed by atoms with van der Waals surface area (Å²) < 4.78 is 18.2. The number of amides is 3. The lowest BCUT2D eigenvalue weighted by Gasteiger charge is -2.46. The Morgan fingerprint density at radius 3 is 2.74 bits per heavy atom. The maximum Gasteiger partial charge on any atom is 0.325 e. The van der Waals surface area contributed by atoms with Crippen molar-refractivity contribution < 1.29 is 18.7 Å². The predicted octanol–water partition coefficient (Wildman–Crippen LogP) is 1.04. The van der Waals surface area contributed by atoms with Gasteiger partial charge in [-0.1, -0.05) is 12.1 Å².